The van der Waals surface area contributed by atoms with Crippen molar-refractivity contribution in [2.45, 2.75) is 38.8 Å². The maximum absolute atomic E-state index is 4.66. The molecule has 2 aromatic heterocycles. The Morgan fingerprint density at radius 2 is 1.64 bits per heavy atom. The summed E-state index contributed by atoms with van der Waals surface area (Å²) in [5.74, 6) is 0. The Bertz CT molecular complexity index is 913. The maximum atomic E-state index is 4.66. The average Bonchev–Trinajstić information content (AvgIpc) is 3.32. The summed E-state index contributed by atoms with van der Waals surface area (Å²) in [5.41, 5.74) is 4.84. The van der Waals surface area contributed by atoms with Gasteiger partial charge in [-0.15, -0.1) is 0 Å². The van der Waals surface area contributed by atoms with Crippen molar-refractivity contribution in [2.24, 2.45) is 0 Å². The quantitative estimate of drug-likeness (QED) is 0.701. The molecular weight excluding hydrogens is 348 g/mol. The predicted molar refractivity (Wildman–Crippen MR) is 111 cm³/mol. The third-order valence-corrected chi connectivity index (χ3v) is 6.25. The monoisotopic (exact) mass is 376 g/mol. The summed E-state index contributed by atoms with van der Waals surface area (Å²) < 4.78 is 4.13. The van der Waals surface area contributed by atoms with Gasteiger partial charge in [-0.2, -0.15) is 10.2 Å². The molecule has 0 bridgehead atoms. The van der Waals surface area contributed by atoms with Crippen molar-refractivity contribution in [3.8, 4) is 5.69 Å². The van der Waals surface area contributed by atoms with Crippen LogP contribution in [0.1, 0.15) is 30.3 Å². The highest BCUT2D eigenvalue weighted by molar-refractivity contribution is 5.51. The number of hydrogen-bond acceptors (Lipinski definition) is 4. The number of benzene rings is 1. The van der Waals surface area contributed by atoms with Gasteiger partial charge in [0.15, 0.2) is 0 Å². The lowest BCUT2D eigenvalue weighted by Crippen LogP contribution is -2.56. The minimum atomic E-state index is 0.557. The summed E-state index contributed by atoms with van der Waals surface area (Å²) >= 11 is 0. The van der Waals surface area contributed by atoms with Gasteiger partial charge in [0.2, 0.25) is 0 Å². The highest BCUT2D eigenvalue weighted by atomic mass is 15.4. The van der Waals surface area contributed by atoms with Crippen LogP contribution in [0.25, 0.3) is 5.69 Å². The molecule has 28 heavy (non-hydrogen) atoms. The van der Waals surface area contributed by atoms with Gasteiger partial charge in [-0.05, 0) is 63.1 Å². The van der Waals surface area contributed by atoms with Crippen molar-refractivity contribution >= 4 is 5.69 Å². The van der Waals surface area contributed by atoms with Crippen LogP contribution in [0.2, 0.25) is 0 Å². The molecule has 2 fully saturated rings. The molecule has 5 rings (SSSR count). The summed E-state index contributed by atoms with van der Waals surface area (Å²) in [6.45, 7) is 8.80. The summed E-state index contributed by atoms with van der Waals surface area (Å²) in [6, 6.07) is 14.2. The summed E-state index contributed by atoms with van der Waals surface area (Å²) in [5, 5.41) is 8.96. The minimum Gasteiger partial charge on any atom is -0.371 e. The number of nitrogens with zero attached hydrogens (tertiary/aromatic N) is 6. The topological polar surface area (TPSA) is 42.1 Å². The number of aryl methyl sites for hydroxylation is 2. The van der Waals surface area contributed by atoms with E-state index in [4.69, 9.17) is 0 Å². The van der Waals surface area contributed by atoms with Crippen LogP contribution < -0.4 is 4.90 Å². The molecule has 0 amide bonds. The van der Waals surface area contributed by atoms with Gasteiger partial charge in [-0.3, -0.25) is 9.58 Å². The molecule has 146 valence electrons. The Hall–Kier alpha value is -2.60. The van der Waals surface area contributed by atoms with Crippen molar-refractivity contribution in [2.75, 3.05) is 31.1 Å². The SMILES string of the molecule is Cc1cc(C)n(C2CN(C3CCN(c4ccc(-n5cccn5)cc4)CC3)C2)n1. The van der Waals surface area contributed by atoms with Crippen LogP contribution >= 0.6 is 0 Å². The smallest absolute Gasteiger partial charge is 0.0776 e. The molecule has 0 radical (unpaired) electrons. The molecule has 2 aliphatic heterocycles. The molecule has 6 heteroatoms. The van der Waals surface area contributed by atoms with E-state index in [2.05, 4.69) is 68.9 Å². The van der Waals surface area contributed by atoms with Gasteiger partial charge >= 0.3 is 0 Å². The van der Waals surface area contributed by atoms with Crippen LogP contribution in [0, 0.1) is 13.8 Å². The molecule has 0 spiro atoms. The normalized spacial score (nSPS) is 19.1. The third-order valence-electron chi connectivity index (χ3n) is 6.25. The van der Waals surface area contributed by atoms with Crippen molar-refractivity contribution < 1.29 is 0 Å². The van der Waals surface area contributed by atoms with Gasteiger partial charge in [0.05, 0.1) is 17.4 Å². The second kappa shape index (κ2) is 7.09. The van der Waals surface area contributed by atoms with E-state index in [1.807, 2.05) is 23.1 Å². The highest BCUT2D eigenvalue weighted by Gasteiger charge is 2.35. The molecule has 4 heterocycles. The molecule has 2 aliphatic rings. The fraction of sp³-hybridized carbons (Fsp3) is 0.455. The molecule has 0 N–H and O–H groups in total. The van der Waals surface area contributed by atoms with E-state index < -0.39 is 0 Å². The second-order valence-electron chi connectivity index (χ2n) is 8.16. The molecule has 6 nitrogen and oxygen atoms in total. The second-order valence-corrected chi connectivity index (χ2v) is 8.16. The van der Waals surface area contributed by atoms with E-state index in [9.17, 15) is 0 Å². The first kappa shape index (κ1) is 17.5. The molecule has 0 atom stereocenters. The molecular formula is C22H28N6. The van der Waals surface area contributed by atoms with Crippen molar-refractivity contribution in [3.05, 3.63) is 60.2 Å². The van der Waals surface area contributed by atoms with Crippen LogP contribution in [-0.2, 0) is 0 Å². The Morgan fingerprint density at radius 3 is 2.25 bits per heavy atom. The lowest BCUT2D eigenvalue weighted by atomic mass is 9.97. The Kier molecular flexibility index (Phi) is 4.43. The van der Waals surface area contributed by atoms with E-state index in [0.29, 0.717) is 12.1 Å². The molecule has 3 aromatic rings. The van der Waals surface area contributed by atoms with Crippen LogP contribution in [0.3, 0.4) is 0 Å². The van der Waals surface area contributed by atoms with Gasteiger partial charge in [0, 0.05) is 56.0 Å². The standard InChI is InChI=1S/C22H28N6/c1-17-14-18(2)28(24-17)22-15-26(16-22)20-8-12-25(13-9-20)19-4-6-21(7-5-19)27-11-3-10-23-27/h3-7,10-11,14,20,22H,8-9,12-13,15-16H2,1-2H3. The van der Waals surface area contributed by atoms with Gasteiger partial charge in [-0.25, -0.2) is 4.68 Å². The van der Waals surface area contributed by atoms with E-state index in [0.717, 1.165) is 37.6 Å². The van der Waals surface area contributed by atoms with Gasteiger partial charge in [-0.1, -0.05) is 0 Å². The maximum Gasteiger partial charge on any atom is 0.0776 e. The fourth-order valence-corrected chi connectivity index (χ4v) is 4.68. The molecule has 2 saturated heterocycles. The zero-order valence-electron chi connectivity index (χ0n) is 16.7. The van der Waals surface area contributed by atoms with Crippen molar-refractivity contribution in [3.63, 3.8) is 0 Å². The number of likely N-dealkylation sites (tertiary alicyclic amines) is 1. The Balaban J connectivity index is 1.15. The molecule has 0 unspecified atom stereocenters. The lowest BCUT2D eigenvalue weighted by Gasteiger charge is -2.47. The number of piperidine rings is 1. The van der Waals surface area contributed by atoms with Crippen molar-refractivity contribution in [1.82, 2.24) is 24.5 Å². The largest absolute Gasteiger partial charge is 0.371 e. The first-order chi connectivity index (χ1) is 13.7. The number of rotatable bonds is 4. The van der Waals surface area contributed by atoms with E-state index >= 15 is 0 Å². The number of anilines is 1. The van der Waals surface area contributed by atoms with Crippen LogP contribution in [0.4, 0.5) is 5.69 Å². The highest BCUT2D eigenvalue weighted by Crippen LogP contribution is 2.30. The third kappa shape index (κ3) is 3.22. The van der Waals surface area contributed by atoms with E-state index in [1.165, 1.54) is 24.2 Å². The van der Waals surface area contributed by atoms with E-state index in [-0.39, 0.29) is 0 Å². The Morgan fingerprint density at radius 1 is 0.929 bits per heavy atom. The molecule has 0 aliphatic carbocycles. The minimum absolute atomic E-state index is 0.557. The van der Waals surface area contributed by atoms with Crippen LogP contribution in [-0.4, -0.2) is 56.7 Å². The van der Waals surface area contributed by atoms with E-state index in [1.54, 1.807) is 0 Å². The average molecular weight is 377 g/mol. The van der Waals surface area contributed by atoms with Gasteiger partial charge in [0.1, 0.15) is 0 Å². The molecule has 1 aromatic carbocycles. The summed E-state index contributed by atoms with van der Waals surface area (Å²) in [7, 11) is 0. The summed E-state index contributed by atoms with van der Waals surface area (Å²) in [6.07, 6.45) is 6.27. The van der Waals surface area contributed by atoms with Crippen LogP contribution in [0.5, 0.6) is 0 Å². The fourth-order valence-electron chi connectivity index (χ4n) is 4.68. The van der Waals surface area contributed by atoms with Crippen molar-refractivity contribution in [1.29, 1.82) is 0 Å². The lowest BCUT2D eigenvalue weighted by molar-refractivity contribution is 0.0407. The number of hydrogen-bond donors (Lipinski definition) is 0. The summed E-state index contributed by atoms with van der Waals surface area (Å²) in [4.78, 5) is 5.17. The van der Waals surface area contributed by atoms with Gasteiger partial charge in [0.25, 0.3) is 0 Å². The first-order valence-electron chi connectivity index (χ1n) is 10.3. The van der Waals surface area contributed by atoms with Crippen LogP contribution in [0.15, 0.2) is 48.8 Å². The zero-order valence-corrected chi connectivity index (χ0v) is 16.7. The zero-order chi connectivity index (χ0) is 19.1. The predicted octanol–water partition coefficient (Wildman–Crippen LogP) is 3.21. The number of aromatic nitrogens is 4. The Labute approximate surface area is 166 Å². The molecule has 0 saturated carbocycles. The first-order valence-corrected chi connectivity index (χ1v) is 10.3. The van der Waals surface area contributed by atoms with Gasteiger partial charge < -0.3 is 4.90 Å².